The molecule has 0 atom stereocenters. The molecule has 23 heavy (non-hydrogen) atoms. The molecule has 2 aromatic carbocycles. The summed E-state index contributed by atoms with van der Waals surface area (Å²) in [5, 5.41) is 0.736. The normalized spacial score (nSPS) is 10.5. The van der Waals surface area contributed by atoms with Gasteiger partial charge >= 0.3 is 0 Å². The van der Waals surface area contributed by atoms with Crippen LogP contribution < -0.4 is 4.74 Å². The zero-order valence-corrected chi connectivity index (χ0v) is 14.8. The van der Waals surface area contributed by atoms with E-state index in [4.69, 9.17) is 16.3 Å². The number of halogens is 1. The second-order valence-corrected chi connectivity index (χ2v) is 6.27. The van der Waals surface area contributed by atoms with Gasteiger partial charge in [0.25, 0.3) is 5.91 Å². The maximum absolute atomic E-state index is 12.2. The molecule has 2 aromatic rings. The van der Waals surface area contributed by atoms with Crippen molar-refractivity contribution in [2.24, 2.45) is 0 Å². The van der Waals surface area contributed by atoms with Crippen LogP contribution in [0, 0.1) is 20.8 Å². The smallest absolute Gasteiger partial charge is 0.260 e. The molecule has 0 saturated carbocycles. The minimum atomic E-state index is -0.0594. The molecule has 0 saturated heterocycles. The van der Waals surface area contributed by atoms with Crippen LogP contribution in [0.2, 0.25) is 5.02 Å². The highest BCUT2D eigenvalue weighted by molar-refractivity contribution is 6.32. The van der Waals surface area contributed by atoms with Crippen molar-refractivity contribution in [1.29, 1.82) is 0 Å². The van der Waals surface area contributed by atoms with Crippen molar-refractivity contribution in [3.63, 3.8) is 0 Å². The van der Waals surface area contributed by atoms with Gasteiger partial charge in [0.1, 0.15) is 5.75 Å². The average Bonchev–Trinajstić information content (AvgIpc) is 2.52. The van der Waals surface area contributed by atoms with Gasteiger partial charge in [-0.1, -0.05) is 41.4 Å². The van der Waals surface area contributed by atoms with Crippen LogP contribution in [-0.4, -0.2) is 24.5 Å². The quantitative estimate of drug-likeness (QED) is 0.817. The van der Waals surface area contributed by atoms with Gasteiger partial charge in [0.05, 0.1) is 0 Å². The van der Waals surface area contributed by atoms with Crippen LogP contribution in [-0.2, 0) is 11.3 Å². The highest BCUT2D eigenvalue weighted by Crippen LogP contribution is 2.25. The van der Waals surface area contributed by atoms with Crippen LogP contribution in [0.1, 0.15) is 22.3 Å². The first-order chi connectivity index (χ1) is 10.9. The van der Waals surface area contributed by atoms with Gasteiger partial charge in [-0.05, 0) is 49.6 Å². The lowest BCUT2D eigenvalue weighted by atomic mass is 10.1. The Labute approximate surface area is 142 Å². The third kappa shape index (κ3) is 4.73. The molecule has 0 bridgehead atoms. The van der Waals surface area contributed by atoms with Crippen molar-refractivity contribution in [2.75, 3.05) is 13.7 Å². The number of benzene rings is 2. The summed E-state index contributed by atoms with van der Waals surface area (Å²) < 4.78 is 5.61. The molecule has 0 N–H and O–H groups in total. The summed E-state index contributed by atoms with van der Waals surface area (Å²) in [6.07, 6.45) is 0. The molecular formula is C19H22ClNO2. The Morgan fingerprint density at radius 3 is 2.22 bits per heavy atom. The van der Waals surface area contributed by atoms with E-state index in [1.807, 2.05) is 57.2 Å². The topological polar surface area (TPSA) is 29.5 Å². The van der Waals surface area contributed by atoms with E-state index in [1.54, 1.807) is 11.9 Å². The number of nitrogens with zero attached hydrogens (tertiary/aromatic N) is 1. The van der Waals surface area contributed by atoms with Crippen LogP contribution in [0.3, 0.4) is 0 Å². The largest absolute Gasteiger partial charge is 0.484 e. The van der Waals surface area contributed by atoms with Gasteiger partial charge in [-0.2, -0.15) is 0 Å². The molecule has 0 aliphatic carbocycles. The molecular weight excluding hydrogens is 310 g/mol. The average molecular weight is 332 g/mol. The summed E-state index contributed by atoms with van der Waals surface area (Å²) in [5.41, 5.74) is 4.20. The number of carbonyl (C=O) groups is 1. The molecule has 1 amide bonds. The summed E-state index contributed by atoms with van der Waals surface area (Å²) in [6.45, 7) is 6.48. The molecule has 3 nitrogen and oxygen atoms in total. The number of rotatable bonds is 5. The Kier molecular flexibility index (Phi) is 5.67. The lowest BCUT2D eigenvalue weighted by Crippen LogP contribution is -2.30. The van der Waals surface area contributed by atoms with Crippen LogP contribution in [0.5, 0.6) is 5.75 Å². The van der Waals surface area contributed by atoms with Gasteiger partial charge in [0.2, 0.25) is 0 Å². The van der Waals surface area contributed by atoms with Gasteiger partial charge in [0, 0.05) is 18.6 Å². The van der Waals surface area contributed by atoms with Gasteiger partial charge < -0.3 is 9.64 Å². The van der Waals surface area contributed by atoms with E-state index in [9.17, 15) is 4.79 Å². The summed E-state index contributed by atoms with van der Waals surface area (Å²) in [5.74, 6) is 0.609. The van der Waals surface area contributed by atoms with Gasteiger partial charge in [-0.3, -0.25) is 4.79 Å². The van der Waals surface area contributed by atoms with Crippen molar-refractivity contribution in [3.8, 4) is 5.75 Å². The molecule has 4 heteroatoms. The van der Waals surface area contributed by atoms with Gasteiger partial charge in [-0.15, -0.1) is 0 Å². The molecule has 0 heterocycles. The number of likely N-dealkylation sites (N-methyl/N-ethyl adjacent to an activating group) is 1. The fourth-order valence-electron chi connectivity index (χ4n) is 2.30. The number of hydrogen-bond donors (Lipinski definition) is 0. The lowest BCUT2D eigenvalue weighted by molar-refractivity contribution is -0.132. The van der Waals surface area contributed by atoms with Crippen molar-refractivity contribution < 1.29 is 9.53 Å². The molecule has 0 aliphatic rings. The molecule has 2 rings (SSSR count). The van der Waals surface area contributed by atoms with E-state index in [-0.39, 0.29) is 12.5 Å². The number of amides is 1. The van der Waals surface area contributed by atoms with Gasteiger partial charge in [0.15, 0.2) is 6.61 Å². The fraction of sp³-hybridized carbons (Fsp3) is 0.316. The Morgan fingerprint density at radius 1 is 1.09 bits per heavy atom. The molecule has 0 aliphatic heterocycles. The molecule has 122 valence electrons. The van der Waals surface area contributed by atoms with E-state index in [2.05, 4.69) is 0 Å². The van der Waals surface area contributed by atoms with Crippen molar-refractivity contribution in [1.82, 2.24) is 4.90 Å². The summed E-state index contributed by atoms with van der Waals surface area (Å²) in [4.78, 5) is 13.9. The zero-order chi connectivity index (χ0) is 17.0. The third-order valence-corrected chi connectivity index (χ3v) is 4.33. The molecule has 0 spiro atoms. The minimum Gasteiger partial charge on any atom is -0.484 e. The Hall–Kier alpha value is -2.00. The van der Waals surface area contributed by atoms with E-state index in [1.165, 1.54) is 5.56 Å². The lowest BCUT2D eigenvalue weighted by Gasteiger charge is -2.18. The van der Waals surface area contributed by atoms with Crippen molar-refractivity contribution in [3.05, 3.63) is 63.7 Å². The number of ether oxygens (including phenoxy) is 1. The Morgan fingerprint density at radius 2 is 1.65 bits per heavy atom. The highest BCUT2D eigenvalue weighted by atomic mass is 35.5. The first-order valence-corrected chi connectivity index (χ1v) is 7.93. The second-order valence-electron chi connectivity index (χ2n) is 5.90. The van der Waals surface area contributed by atoms with Crippen LogP contribution in [0.4, 0.5) is 0 Å². The van der Waals surface area contributed by atoms with E-state index < -0.39 is 0 Å². The Bertz CT molecular complexity index is 672. The van der Waals surface area contributed by atoms with E-state index in [0.29, 0.717) is 12.3 Å². The zero-order valence-electron chi connectivity index (χ0n) is 14.0. The highest BCUT2D eigenvalue weighted by Gasteiger charge is 2.11. The number of hydrogen-bond acceptors (Lipinski definition) is 2. The predicted molar refractivity (Wildman–Crippen MR) is 94.1 cm³/mol. The van der Waals surface area contributed by atoms with Crippen LogP contribution in [0.15, 0.2) is 36.4 Å². The SMILES string of the molecule is Cc1ccc(CN(C)C(=O)COc2cc(C)c(Cl)c(C)c2)cc1. The molecule has 0 fully saturated rings. The Balaban J connectivity index is 1.92. The van der Waals surface area contributed by atoms with Gasteiger partial charge in [-0.25, -0.2) is 0 Å². The number of aryl methyl sites for hydroxylation is 3. The summed E-state index contributed by atoms with van der Waals surface area (Å²) in [7, 11) is 1.78. The second kappa shape index (κ2) is 7.51. The van der Waals surface area contributed by atoms with Crippen molar-refractivity contribution in [2.45, 2.75) is 27.3 Å². The predicted octanol–water partition coefficient (Wildman–Crippen LogP) is 4.30. The summed E-state index contributed by atoms with van der Waals surface area (Å²) in [6, 6.07) is 11.9. The third-order valence-electron chi connectivity index (χ3n) is 3.74. The molecule has 0 aromatic heterocycles. The van der Waals surface area contributed by atoms with E-state index >= 15 is 0 Å². The monoisotopic (exact) mass is 331 g/mol. The molecule has 0 radical (unpaired) electrons. The first kappa shape index (κ1) is 17.4. The maximum Gasteiger partial charge on any atom is 0.260 e. The fourth-order valence-corrected chi connectivity index (χ4v) is 2.41. The van der Waals surface area contributed by atoms with Crippen LogP contribution in [0.25, 0.3) is 0 Å². The van der Waals surface area contributed by atoms with Crippen LogP contribution >= 0.6 is 11.6 Å². The standard InChI is InChI=1S/C19H22ClNO2/c1-13-5-7-16(8-6-13)11-21(4)18(22)12-23-17-9-14(2)19(20)15(3)10-17/h5-10H,11-12H2,1-4H3. The van der Waals surface area contributed by atoms with E-state index in [0.717, 1.165) is 21.7 Å². The number of carbonyl (C=O) groups excluding carboxylic acids is 1. The molecule has 0 unspecified atom stereocenters. The van der Waals surface area contributed by atoms with Crippen molar-refractivity contribution >= 4 is 17.5 Å². The summed E-state index contributed by atoms with van der Waals surface area (Å²) >= 11 is 6.13. The maximum atomic E-state index is 12.2. The minimum absolute atomic E-state index is 0.0167. The first-order valence-electron chi connectivity index (χ1n) is 7.56.